The normalized spacial score (nSPS) is 14.5. The highest BCUT2D eigenvalue weighted by Crippen LogP contribution is 2.26. The number of hydrogen-bond donors (Lipinski definition) is 0. The lowest BCUT2D eigenvalue weighted by molar-refractivity contribution is 0.0882. The predicted molar refractivity (Wildman–Crippen MR) is 94.1 cm³/mol. The summed E-state index contributed by atoms with van der Waals surface area (Å²) in [5.41, 5.74) is 0.456. The van der Waals surface area contributed by atoms with Crippen LogP contribution in [-0.4, -0.2) is 34.1 Å². The molecule has 0 aromatic carbocycles. The first-order valence-electron chi connectivity index (χ1n) is 7.29. The minimum absolute atomic E-state index is 0.228. The molecule has 0 saturated carbocycles. The van der Waals surface area contributed by atoms with E-state index in [-0.39, 0.29) is 10.9 Å². The van der Waals surface area contributed by atoms with E-state index in [1.807, 2.05) is 23.5 Å². The highest BCUT2D eigenvalue weighted by atomic mass is 35.5. The summed E-state index contributed by atoms with van der Waals surface area (Å²) in [7, 11) is 0. The van der Waals surface area contributed by atoms with Crippen molar-refractivity contribution in [3.63, 3.8) is 0 Å². The number of rotatable bonds is 14. The van der Waals surface area contributed by atoms with Crippen molar-refractivity contribution in [2.75, 3.05) is 23.3 Å². The van der Waals surface area contributed by atoms with E-state index in [2.05, 4.69) is 13.8 Å². The maximum absolute atomic E-state index is 6.18. The van der Waals surface area contributed by atoms with Crippen molar-refractivity contribution >= 4 is 46.7 Å². The largest absolute Gasteiger partial charge is 0.354 e. The van der Waals surface area contributed by atoms with Crippen LogP contribution in [0.4, 0.5) is 0 Å². The summed E-state index contributed by atoms with van der Waals surface area (Å²) in [6.45, 7) is 4.43. The van der Waals surface area contributed by atoms with E-state index >= 15 is 0 Å². The molecular formula is C14H28Cl2OS2. The molecule has 5 heteroatoms. The van der Waals surface area contributed by atoms with E-state index in [4.69, 9.17) is 27.9 Å². The third-order valence-electron chi connectivity index (χ3n) is 2.60. The second kappa shape index (κ2) is 15.6. The Bertz CT molecular complexity index is 167. The molecule has 0 spiro atoms. The molecule has 0 radical (unpaired) electrons. The van der Waals surface area contributed by atoms with Crippen molar-refractivity contribution < 1.29 is 4.74 Å². The topological polar surface area (TPSA) is 9.23 Å². The molecule has 0 bridgehead atoms. The Balaban J connectivity index is 4.05. The second-order valence-electron chi connectivity index (χ2n) is 4.40. The first-order chi connectivity index (χ1) is 9.28. The number of thioether (sulfide) groups is 2. The number of halogens is 2. The van der Waals surface area contributed by atoms with Gasteiger partial charge in [-0.2, -0.15) is 0 Å². The lowest BCUT2D eigenvalue weighted by atomic mass is 10.4. The Morgan fingerprint density at radius 3 is 1.58 bits per heavy atom. The fraction of sp³-hybridized carbons (Fsp3) is 1.00. The fourth-order valence-electron chi connectivity index (χ4n) is 1.45. The van der Waals surface area contributed by atoms with Gasteiger partial charge in [0, 0.05) is 11.8 Å². The smallest absolute Gasteiger partial charge is 0.105 e. The van der Waals surface area contributed by atoms with Crippen LogP contribution in [0, 0.1) is 0 Å². The van der Waals surface area contributed by atoms with Gasteiger partial charge in [-0.25, -0.2) is 0 Å². The minimum Gasteiger partial charge on any atom is -0.354 e. The standard InChI is InChI=1S/C14H28Cl2OS2/c1-3-5-11-18-13(7-9-15)17-14(8-10-16)19-12-6-4-2/h13-14H,3-12H2,1-2H3. The lowest BCUT2D eigenvalue weighted by Crippen LogP contribution is -2.19. The first-order valence-corrected chi connectivity index (χ1v) is 10.5. The monoisotopic (exact) mass is 346 g/mol. The lowest BCUT2D eigenvalue weighted by Gasteiger charge is -2.23. The van der Waals surface area contributed by atoms with Gasteiger partial charge in [0.1, 0.15) is 10.9 Å². The SMILES string of the molecule is CCCCSC(CCCl)OC(CCCl)SCCCC. The Morgan fingerprint density at radius 2 is 1.26 bits per heavy atom. The molecule has 19 heavy (non-hydrogen) atoms. The molecule has 0 N–H and O–H groups in total. The van der Waals surface area contributed by atoms with Crippen molar-refractivity contribution in [2.24, 2.45) is 0 Å². The van der Waals surface area contributed by atoms with E-state index in [9.17, 15) is 0 Å². The second-order valence-corrected chi connectivity index (χ2v) is 7.69. The first kappa shape index (κ1) is 20.2. The van der Waals surface area contributed by atoms with Gasteiger partial charge in [0.2, 0.25) is 0 Å². The zero-order chi connectivity index (χ0) is 14.3. The molecule has 2 atom stereocenters. The van der Waals surface area contributed by atoms with E-state index < -0.39 is 0 Å². The van der Waals surface area contributed by atoms with Crippen molar-refractivity contribution in [3.05, 3.63) is 0 Å². The van der Waals surface area contributed by atoms with Crippen LogP contribution in [0.5, 0.6) is 0 Å². The van der Waals surface area contributed by atoms with Gasteiger partial charge in [0.25, 0.3) is 0 Å². The van der Waals surface area contributed by atoms with E-state index in [1.165, 1.54) is 25.7 Å². The molecule has 0 heterocycles. The maximum atomic E-state index is 6.18. The molecule has 0 saturated heterocycles. The van der Waals surface area contributed by atoms with Crippen molar-refractivity contribution in [2.45, 2.75) is 63.2 Å². The summed E-state index contributed by atoms with van der Waals surface area (Å²) in [4.78, 5) is 0. The molecule has 0 aliphatic heterocycles. The van der Waals surface area contributed by atoms with Crippen LogP contribution >= 0.6 is 46.7 Å². The number of ether oxygens (including phenoxy) is 1. The van der Waals surface area contributed by atoms with E-state index in [0.717, 1.165) is 24.3 Å². The number of hydrogen-bond acceptors (Lipinski definition) is 3. The van der Waals surface area contributed by atoms with Crippen LogP contribution in [0.25, 0.3) is 0 Å². The van der Waals surface area contributed by atoms with Crippen molar-refractivity contribution in [1.82, 2.24) is 0 Å². The summed E-state index contributed by atoms with van der Waals surface area (Å²) in [5.74, 6) is 3.64. The van der Waals surface area contributed by atoms with Gasteiger partial charge in [-0.05, 0) is 37.2 Å². The van der Waals surface area contributed by atoms with Gasteiger partial charge in [-0.15, -0.1) is 46.7 Å². The van der Waals surface area contributed by atoms with Crippen LogP contribution in [-0.2, 0) is 4.74 Å². The molecule has 116 valence electrons. The third-order valence-corrected chi connectivity index (χ3v) is 5.52. The molecule has 0 amide bonds. The maximum Gasteiger partial charge on any atom is 0.105 e. The molecule has 0 aromatic rings. The Hall–Kier alpha value is 1.24. The van der Waals surface area contributed by atoms with Gasteiger partial charge in [-0.3, -0.25) is 0 Å². The van der Waals surface area contributed by atoms with Crippen molar-refractivity contribution in [3.8, 4) is 0 Å². The predicted octanol–water partition coefficient (Wildman–Crippen LogP) is 5.98. The summed E-state index contributed by atoms with van der Waals surface area (Å²) >= 11 is 15.5. The van der Waals surface area contributed by atoms with E-state index in [0.29, 0.717) is 11.8 Å². The van der Waals surface area contributed by atoms with Gasteiger partial charge < -0.3 is 4.74 Å². The Kier molecular flexibility index (Phi) is 16.6. The Labute approximate surface area is 137 Å². The van der Waals surface area contributed by atoms with Crippen molar-refractivity contribution in [1.29, 1.82) is 0 Å². The van der Waals surface area contributed by atoms with Gasteiger partial charge in [0.15, 0.2) is 0 Å². The molecule has 0 aliphatic carbocycles. The van der Waals surface area contributed by atoms with Crippen LogP contribution in [0.2, 0.25) is 0 Å². The zero-order valence-corrected chi connectivity index (χ0v) is 15.4. The zero-order valence-electron chi connectivity index (χ0n) is 12.2. The summed E-state index contributed by atoms with van der Waals surface area (Å²) in [5, 5.41) is 0. The average molecular weight is 347 g/mol. The fourth-order valence-corrected chi connectivity index (χ4v) is 4.60. The van der Waals surface area contributed by atoms with Gasteiger partial charge in [0.05, 0.1) is 0 Å². The number of alkyl halides is 2. The van der Waals surface area contributed by atoms with Gasteiger partial charge in [-0.1, -0.05) is 26.7 Å². The minimum atomic E-state index is 0.228. The molecular weight excluding hydrogens is 319 g/mol. The average Bonchev–Trinajstić information content (AvgIpc) is 2.39. The highest BCUT2D eigenvalue weighted by Gasteiger charge is 2.16. The summed E-state index contributed by atoms with van der Waals surface area (Å²) in [6.07, 6.45) is 6.80. The Morgan fingerprint density at radius 1 is 0.842 bits per heavy atom. The van der Waals surface area contributed by atoms with Crippen LogP contribution in [0.3, 0.4) is 0 Å². The molecule has 0 aromatic heterocycles. The van der Waals surface area contributed by atoms with Crippen LogP contribution in [0.15, 0.2) is 0 Å². The van der Waals surface area contributed by atoms with E-state index in [1.54, 1.807) is 0 Å². The molecule has 0 aliphatic rings. The molecule has 2 unspecified atom stereocenters. The molecule has 1 nitrogen and oxygen atoms in total. The molecule has 0 fully saturated rings. The summed E-state index contributed by atoms with van der Waals surface area (Å²) < 4.78 is 6.18. The third kappa shape index (κ3) is 12.7. The number of unbranched alkanes of at least 4 members (excludes halogenated alkanes) is 2. The van der Waals surface area contributed by atoms with Crippen LogP contribution < -0.4 is 0 Å². The molecule has 0 rings (SSSR count). The van der Waals surface area contributed by atoms with Gasteiger partial charge >= 0.3 is 0 Å². The quantitative estimate of drug-likeness (QED) is 0.217. The highest BCUT2D eigenvalue weighted by molar-refractivity contribution is 8.00. The summed E-state index contributed by atoms with van der Waals surface area (Å²) in [6, 6.07) is 0. The van der Waals surface area contributed by atoms with Crippen LogP contribution in [0.1, 0.15) is 52.4 Å².